The number of hydrogen-bond acceptors (Lipinski definition) is 10. The van der Waals surface area contributed by atoms with Crippen molar-refractivity contribution in [2.75, 3.05) is 14.1 Å². The fourth-order valence-electron chi connectivity index (χ4n) is 5.59. The Morgan fingerprint density at radius 1 is 1.14 bits per heavy atom. The van der Waals surface area contributed by atoms with E-state index in [0.29, 0.717) is 0 Å². The van der Waals surface area contributed by atoms with Crippen LogP contribution in [-0.4, -0.2) is 84.7 Å². The van der Waals surface area contributed by atoms with E-state index in [9.17, 15) is 39.9 Å². The summed E-state index contributed by atoms with van der Waals surface area (Å²) in [5.41, 5.74) is -1.21. The van der Waals surface area contributed by atoms with Gasteiger partial charge in [0.25, 0.3) is 11.9 Å². The molecule has 200 valence electrons. The topological polar surface area (TPSA) is 219 Å². The molecule has 1 aromatic rings. The van der Waals surface area contributed by atoms with Crippen LogP contribution in [0, 0.1) is 11.8 Å². The summed E-state index contributed by atoms with van der Waals surface area (Å²) in [6.45, 7) is 2.42. The van der Waals surface area contributed by atoms with Gasteiger partial charge in [0.15, 0.2) is 11.4 Å². The summed E-state index contributed by atoms with van der Waals surface area (Å²) in [5, 5.41) is 62.7. The molecule has 0 spiro atoms. The van der Waals surface area contributed by atoms with Crippen molar-refractivity contribution in [3.05, 3.63) is 50.9 Å². The van der Waals surface area contributed by atoms with Crippen LogP contribution in [0.4, 0.5) is 0 Å². The number of carbonyl (C=O) groups excluding carboxylic acids is 3. The molecule has 0 heterocycles. The second-order valence-corrected chi connectivity index (χ2v) is 10.0. The zero-order valence-corrected chi connectivity index (χ0v) is 21.1. The first-order valence-corrected chi connectivity index (χ1v) is 11.4. The van der Waals surface area contributed by atoms with E-state index in [1.54, 1.807) is 0 Å². The highest BCUT2D eigenvalue weighted by atomic mass is 35.5. The number of fused-ring (bicyclic) bond motifs is 3. The van der Waals surface area contributed by atoms with Crippen LogP contribution in [0.1, 0.15) is 36.2 Å². The van der Waals surface area contributed by atoms with E-state index in [2.05, 4.69) is 0 Å². The Kier molecular flexibility index (Phi) is 6.95. The molecule has 13 heteroatoms. The average Bonchev–Trinajstić information content (AvgIpc) is 2.75. The fraction of sp³-hybridized carbons (Fsp3) is 0.417. The number of carbonyl (C=O) groups is 4. The number of carboxylic acid groups (broad SMARTS) is 1. The molecule has 0 aromatic heterocycles. The number of primary amides is 1. The van der Waals surface area contributed by atoms with Crippen molar-refractivity contribution in [3.8, 4) is 5.75 Å². The summed E-state index contributed by atoms with van der Waals surface area (Å²) < 4.78 is 0. The third kappa shape index (κ3) is 3.96. The Hall–Kier alpha value is -3.45. The van der Waals surface area contributed by atoms with Crippen molar-refractivity contribution in [1.82, 2.24) is 4.90 Å². The maximum Gasteiger partial charge on any atom is 0.300 e. The van der Waals surface area contributed by atoms with Crippen molar-refractivity contribution in [2.45, 2.75) is 37.5 Å². The first-order valence-electron chi connectivity index (χ1n) is 11.0. The van der Waals surface area contributed by atoms with Gasteiger partial charge in [0, 0.05) is 34.9 Å². The van der Waals surface area contributed by atoms with Gasteiger partial charge in [0.05, 0.1) is 17.2 Å². The third-order valence-electron chi connectivity index (χ3n) is 7.07. The highest BCUT2D eigenvalue weighted by Gasteiger charge is 2.65. The smallest absolute Gasteiger partial charge is 0.300 e. The number of benzene rings is 1. The van der Waals surface area contributed by atoms with Gasteiger partial charge < -0.3 is 36.4 Å². The zero-order valence-electron chi connectivity index (χ0n) is 20.3. The molecule has 37 heavy (non-hydrogen) atoms. The van der Waals surface area contributed by atoms with E-state index in [4.69, 9.17) is 27.2 Å². The van der Waals surface area contributed by atoms with Crippen molar-refractivity contribution in [1.29, 1.82) is 0 Å². The number of aromatic hydroxyl groups is 1. The summed E-state index contributed by atoms with van der Waals surface area (Å²) in [6, 6.07) is 1.30. The number of carboxylic acids is 1. The maximum atomic E-state index is 13.4. The van der Waals surface area contributed by atoms with Crippen molar-refractivity contribution < 1.29 is 49.8 Å². The second kappa shape index (κ2) is 9.14. The molecule has 0 fully saturated rings. The third-order valence-corrected chi connectivity index (χ3v) is 7.39. The second-order valence-electron chi connectivity index (χ2n) is 9.60. The Morgan fingerprint density at radius 2 is 1.68 bits per heavy atom. The lowest BCUT2D eigenvalue weighted by molar-refractivity contribution is -0.152. The summed E-state index contributed by atoms with van der Waals surface area (Å²) >= 11 is 6.26. The van der Waals surface area contributed by atoms with Crippen molar-refractivity contribution in [2.24, 2.45) is 17.6 Å². The van der Waals surface area contributed by atoms with E-state index in [-0.39, 0.29) is 22.6 Å². The molecule has 0 aliphatic heterocycles. The number of rotatable bonds is 2. The minimum Gasteiger partial charge on any atom is -0.510 e. The minimum absolute atomic E-state index is 0.00293. The average molecular weight is 539 g/mol. The van der Waals surface area contributed by atoms with E-state index < -0.39 is 80.9 Å². The molecule has 4 rings (SSSR count). The van der Waals surface area contributed by atoms with Crippen LogP contribution in [0.2, 0.25) is 5.02 Å². The molecule has 1 aromatic carbocycles. The Morgan fingerprint density at radius 3 is 2.16 bits per heavy atom. The number of ketones is 2. The monoisotopic (exact) mass is 538 g/mol. The molecule has 3 aliphatic carbocycles. The van der Waals surface area contributed by atoms with Gasteiger partial charge >= 0.3 is 0 Å². The van der Waals surface area contributed by atoms with Crippen LogP contribution in [0.3, 0.4) is 0 Å². The summed E-state index contributed by atoms with van der Waals surface area (Å²) in [7, 11) is 3.03. The SMILES string of the molecule is CC(=O)O.CN(C)[C@@H]1C(O)=C(C(N)=O)C(=O)[C@@]2(O)C(O)=C3C(=O)c4c(O)ccc(Cl)c4[C@@](C)(O)[C@H]3C[C@@H]12. The lowest BCUT2D eigenvalue weighted by Crippen LogP contribution is -2.65. The van der Waals surface area contributed by atoms with Gasteiger partial charge in [-0.3, -0.25) is 24.1 Å². The van der Waals surface area contributed by atoms with Gasteiger partial charge in [-0.25, -0.2) is 0 Å². The molecule has 0 saturated heterocycles. The number of Topliss-reactive ketones (excluding diaryl/α,β-unsaturated/α-hetero) is 2. The molecule has 5 atom stereocenters. The molecule has 8 N–H and O–H groups in total. The first kappa shape index (κ1) is 28.1. The Balaban J connectivity index is 0.000000886. The lowest BCUT2D eigenvalue weighted by Gasteiger charge is -2.52. The predicted octanol–water partition coefficient (Wildman–Crippen LogP) is 0.530. The molecule has 0 radical (unpaired) electrons. The Labute approximate surface area is 215 Å². The molecule has 0 bridgehead atoms. The van der Waals surface area contributed by atoms with E-state index in [1.807, 2.05) is 0 Å². The molecule has 0 unspecified atom stereocenters. The van der Waals surface area contributed by atoms with Crippen LogP contribution >= 0.6 is 11.6 Å². The molecule has 12 nitrogen and oxygen atoms in total. The summed E-state index contributed by atoms with van der Waals surface area (Å²) in [6.07, 6.45) is -0.259. The first-order chi connectivity index (χ1) is 16.9. The van der Waals surface area contributed by atoms with Crippen LogP contribution in [0.5, 0.6) is 5.75 Å². The number of aliphatic hydroxyl groups excluding tert-OH is 2. The largest absolute Gasteiger partial charge is 0.510 e. The van der Waals surface area contributed by atoms with E-state index in [1.165, 1.54) is 32.0 Å². The highest BCUT2D eigenvalue weighted by molar-refractivity contribution is 6.33. The number of aliphatic carboxylic acids is 1. The lowest BCUT2D eigenvalue weighted by atomic mass is 9.55. The normalized spacial score (nSPS) is 30.8. The van der Waals surface area contributed by atoms with Gasteiger partial charge in [0.2, 0.25) is 5.78 Å². The van der Waals surface area contributed by atoms with Crippen molar-refractivity contribution >= 4 is 35.0 Å². The van der Waals surface area contributed by atoms with Crippen molar-refractivity contribution in [3.63, 3.8) is 0 Å². The van der Waals surface area contributed by atoms with Gasteiger partial charge in [-0.05, 0) is 39.6 Å². The van der Waals surface area contributed by atoms with E-state index in [0.717, 1.165) is 13.0 Å². The standard InChI is InChI=1S/C22H23ClN2O8.C2H4O2/c1-21(32)7-6-8-15(25(2)3)17(28)13(20(24)31)19(30)22(8,33)18(29)11(7)16(27)12-10(26)5-4-9(23)14(12)21;1-2(3)4/h4-5,7-8,15,26,28-29,32-33H,6H2,1-3H3,(H2,24,31);1H3,(H,3,4)/t7-,8-,15-,21-,22-;/m0./s1. The molecular formula is C24H27ClN2O10. The van der Waals surface area contributed by atoms with Crippen LogP contribution < -0.4 is 5.73 Å². The molecular weight excluding hydrogens is 512 g/mol. The Bertz CT molecular complexity index is 1290. The number of phenolic OH excluding ortho intramolecular Hbond substituents is 1. The number of halogens is 1. The molecule has 0 saturated carbocycles. The van der Waals surface area contributed by atoms with Gasteiger partial charge in [-0.2, -0.15) is 0 Å². The number of aliphatic hydroxyl groups is 4. The predicted molar refractivity (Wildman–Crippen MR) is 128 cm³/mol. The molecule has 3 aliphatic rings. The van der Waals surface area contributed by atoms with Gasteiger partial charge in [-0.1, -0.05) is 11.6 Å². The maximum absolute atomic E-state index is 13.4. The minimum atomic E-state index is -2.78. The quantitative estimate of drug-likeness (QED) is 0.257. The number of amides is 1. The summed E-state index contributed by atoms with van der Waals surface area (Å²) in [5.74, 6) is -9.12. The van der Waals surface area contributed by atoms with E-state index >= 15 is 0 Å². The zero-order chi connectivity index (χ0) is 28.4. The van der Waals surface area contributed by atoms with Gasteiger partial charge in [0.1, 0.15) is 22.8 Å². The fourth-order valence-corrected chi connectivity index (χ4v) is 5.93. The summed E-state index contributed by atoms with van der Waals surface area (Å²) in [4.78, 5) is 49.0. The van der Waals surface area contributed by atoms with Crippen LogP contribution in [0.15, 0.2) is 34.8 Å². The molecule has 1 amide bonds. The number of nitrogens with two attached hydrogens (primary N) is 1. The highest BCUT2D eigenvalue weighted by Crippen LogP contribution is 2.57. The number of nitrogens with zero attached hydrogens (tertiary/aromatic N) is 1. The van der Waals surface area contributed by atoms with Gasteiger partial charge in [-0.15, -0.1) is 0 Å². The number of hydrogen-bond donors (Lipinski definition) is 7. The van der Waals surface area contributed by atoms with Crippen LogP contribution in [0.25, 0.3) is 0 Å². The van der Waals surface area contributed by atoms with Crippen LogP contribution in [-0.2, 0) is 20.0 Å². The number of likely N-dealkylation sites (N-methyl/N-ethyl adjacent to an activating group) is 1. The number of phenols is 1.